The number of ether oxygens (including phenoxy) is 2. The molecule has 118 valence electrons. The predicted molar refractivity (Wildman–Crippen MR) is 87.6 cm³/mol. The fraction of sp³-hybridized carbons (Fsp3) is 0.500. The summed E-state index contributed by atoms with van der Waals surface area (Å²) in [4.78, 5) is 11.8. The minimum absolute atomic E-state index is 0. The molecule has 1 saturated heterocycles. The Kier molecular flexibility index (Phi) is 7.71. The van der Waals surface area contributed by atoms with Gasteiger partial charge in [0.25, 0.3) is 0 Å². The molecular weight excluding hydrogens is 312 g/mol. The number of carbonyl (C=O) groups is 1. The minimum Gasteiger partial charge on any atom is -0.497 e. The third-order valence-electron chi connectivity index (χ3n) is 2.98. The predicted octanol–water partition coefficient (Wildman–Crippen LogP) is 1.66. The van der Waals surface area contributed by atoms with E-state index in [0.717, 1.165) is 23.1 Å². The van der Waals surface area contributed by atoms with Gasteiger partial charge in [0.1, 0.15) is 17.6 Å². The zero-order chi connectivity index (χ0) is 14.4. The summed E-state index contributed by atoms with van der Waals surface area (Å²) < 4.78 is 10.9. The van der Waals surface area contributed by atoms with E-state index in [2.05, 4.69) is 10.6 Å². The number of carbonyl (C=O) groups excluding carboxylic acids is 1. The Morgan fingerprint density at radius 2 is 2.29 bits per heavy atom. The number of methoxy groups -OCH3 is 1. The van der Waals surface area contributed by atoms with Gasteiger partial charge in [0, 0.05) is 17.7 Å². The highest BCUT2D eigenvalue weighted by Gasteiger charge is 2.22. The first-order chi connectivity index (χ1) is 9.69. The first-order valence-electron chi connectivity index (χ1n) is 6.58. The van der Waals surface area contributed by atoms with Gasteiger partial charge in [-0.1, -0.05) is 6.07 Å². The average Bonchev–Trinajstić information content (AvgIpc) is 2.99. The van der Waals surface area contributed by atoms with E-state index < -0.39 is 0 Å². The number of nitrogens with one attached hydrogen (secondary N) is 2. The van der Waals surface area contributed by atoms with Crippen LogP contribution in [0.5, 0.6) is 11.5 Å². The van der Waals surface area contributed by atoms with E-state index in [4.69, 9.17) is 9.47 Å². The molecule has 0 aliphatic carbocycles. The standard InChI is InChI=1S/C14H20N2O3S.ClH/c1-10(7-15-14(17)13-8-20-9-16-13)19-12-5-3-4-11(6-12)18-2;/h3-6,10,13,16H,7-9H2,1-2H3,(H,15,17);1H. The molecule has 1 aromatic carbocycles. The second-order valence-corrected chi connectivity index (χ2v) is 5.65. The zero-order valence-electron chi connectivity index (χ0n) is 12.1. The molecule has 1 amide bonds. The number of thioether (sulfide) groups is 1. The number of hydrogen-bond acceptors (Lipinski definition) is 5. The van der Waals surface area contributed by atoms with Gasteiger partial charge < -0.3 is 14.8 Å². The maximum atomic E-state index is 11.8. The molecule has 7 heteroatoms. The number of halogens is 1. The summed E-state index contributed by atoms with van der Waals surface area (Å²) in [5.41, 5.74) is 0. The lowest BCUT2D eigenvalue weighted by molar-refractivity contribution is -0.122. The third-order valence-corrected chi connectivity index (χ3v) is 3.91. The highest BCUT2D eigenvalue weighted by molar-refractivity contribution is 7.99. The summed E-state index contributed by atoms with van der Waals surface area (Å²) >= 11 is 1.73. The van der Waals surface area contributed by atoms with Crippen LogP contribution in [0.1, 0.15) is 6.92 Å². The first-order valence-corrected chi connectivity index (χ1v) is 7.74. The van der Waals surface area contributed by atoms with Gasteiger partial charge in [-0.15, -0.1) is 24.2 Å². The van der Waals surface area contributed by atoms with Crippen LogP contribution in [0, 0.1) is 0 Å². The van der Waals surface area contributed by atoms with Crippen molar-refractivity contribution in [1.29, 1.82) is 0 Å². The average molecular weight is 333 g/mol. The van der Waals surface area contributed by atoms with Gasteiger partial charge in [-0.3, -0.25) is 10.1 Å². The topological polar surface area (TPSA) is 59.6 Å². The van der Waals surface area contributed by atoms with Gasteiger partial charge in [-0.25, -0.2) is 0 Å². The van der Waals surface area contributed by atoms with Crippen molar-refractivity contribution in [3.05, 3.63) is 24.3 Å². The van der Waals surface area contributed by atoms with Gasteiger partial charge in [0.2, 0.25) is 5.91 Å². The molecule has 0 aromatic heterocycles. The number of hydrogen-bond donors (Lipinski definition) is 2. The molecule has 1 heterocycles. The van der Waals surface area contributed by atoms with E-state index in [0.29, 0.717) is 6.54 Å². The largest absolute Gasteiger partial charge is 0.497 e. The molecule has 2 rings (SSSR count). The molecule has 0 spiro atoms. The van der Waals surface area contributed by atoms with E-state index in [1.165, 1.54) is 0 Å². The van der Waals surface area contributed by atoms with Crippen molar-refractivity contribution >= 4 is 30.1 Å². The number of rotatable bonds is 6. The highest BCUT2D eigenvalue weighted by Crippen LogP contribution is 2.19. The molecule has 0 bridgehead atoms. The van der Waals surface area contributed by atoms with Crippen LogP contribution in [-0.4, -0.2) is 43.3 Å². The van der Waals surface area contributed by atoms with E-state index in [-0.39, 0.29) is 30.5 Å². The lowest BCUT2D eigenvalue weighted by atomic mass is 10.3. The van der Waals surface area contributed by atoms with Crippen LogP contribution in [0.15, 0.2) is 24.3 Å². The highest BCUT2D eigenvalue weighted by atomic mass is 35.5. The zero-order valence-corrected chi connectivity index (χ0v) is 13.8. The molecule has 2 N–H and O–H groups in total. The van der Waals surface area contributed by atoms with E-state index >= 15 is 0 Å². The van der Waals surface area contributed by atoms with E-state index in [9.17, 15) is 4.79 Å². The van der Waals surface area contributed by atoms with Crippen LogP contribution in [0.4, 0.5) is 0 Å². The SMILES string of the molecule is COc1cccc(OC(C)CNC(=O)C2CSCN2)c1.Cl. The summed E-state index contributed by atoms with van der Waals surface area (Å²) in [6.45, 7) is 2.41. The summed E-state index contributed by atoms with van der Waals surface area (Å²) in [5, 5.41) is 6.04. The van der Waals surface area contributed by atoms with Crippen LogP contribution in [-0.2, 0) is 4.79 Å². The van der Waals surface area contributed by atoms with Gasteiger partial charge >= 0.3 is 0 Å². The summed E-state index contributed by atoms with van der Waals surface area (Å²) in [5.74, 6) is 3.20. The van der Waals surface area contributed by atoms with Crippen LogP contribution in [0.2, 0.25) is 0 Å². The van der Waals surface area contributed by atoms with Crippen LogP contribution in [0.25, 0.3) is 0 Å². The lowest BCUT2D eigenvalue weighted by Gasteiger charge is -2.17. The Labute approximate surface area is 135 Å². The fourth-order valence-electron chi connectivity index (χ4n) is 1.88. The fourth-order valence-corrected chi connectivity index (χ4v) is 2.82. The Morgan fingerprint density at radius 1 is 1.52 bits per heavy atom. The molecule has 5 nitrogen and oxygen atoms in total. The molecule has 2 atom stereocenters. The Hall–Kier alpha value is -1.11. The molecule has 2 unspecified atom stereocenters. The summed E-state index contributed by atoms with van der Waals surface area (Å²) in [6, 6.07) is 7.36. The van der Waals surface area contributed by atoms with Crippen LogP contribution in [0.3, 0.4) is 0 Å². The summed E-state index contributed by atoms with van der Waals surface area (Å²) in [7, 11) is 1.62. The molecule has 1 fully saturated rings. The first kappa shape index (κ1) is 17.9. The monoisotopic (exact) mass is 332 g/mol. The Morgan fingerprint density at radius 3 is 2.95 bits per heavy atom. The van der Waals surface area contributed by atoms with Gasteiger partial charge in [-0.05, 0) is 19.1 Å². The smallest absolute Gasteiger partial charge is 0.238 e. The second kappa shape index (κ2) is 9.02. The van der Waals surface area contributed by atoms with Crippen molar-refractivity contribution in [1.82, 2.24) is 10.6 Å². The number of benzene rings is 1. The quantitative estimate of drug-likeness (QED) is 0.829. The van der Waals surface area contributed by atoms with Crippen molar-refractivity contribution in [2.45, 2.75) is 19.1 Å². The molecule has 0 radical (unpaired) electrons. The van der Waals surface area contributed by atoms with Crippen molar-refractivity contribution in [3.63, 3.8) is 0 Å². The van der Waals surface area contributed by atoms with Crippen LogP contribution < -0.4 is 20.1 Å². The van der Waals surface area contributed by atoms with Gasteiger partial charge in [0.05, 0.1) is 19.7 Å². The second-order valence-electron chi connectivity index (χ2n) is 4.62. The maximum absolute atomic E-state index is 11.8. The van der Waals surface area contributed by atoms with Crippen molar-refractivity contribution in [2.75, 3.05) is 25.3 Å². The molecule has 1 aromatic rings. The molecule has 0 saturated carbocycles. The van der Waals surface area contributed by atoms with Crippen molar-refractivity contribution in [2.24, 2.45) is 0 Å². The van der Waals surface area contributed by atoms with E-state index in [1.807, 2.05) is 31.2 Å². The van der Waals surface area contributed by atoms with Gasteiger partial charge in [0.15, 0.2) is 0 Å². The molecule has 1 aliphatic rings. The normalized spacial score (nSPS) is 18.5. The minimum atomic E-state index is -0.0971. The maximum Gasteiger partial charge on any atom is 0.238 e. The summed E-state index contributed by atoms with van der Waals surface area (Å²) in [6.07, 6.45) is -0.0971. The van der Waals surface area contributed by atoms with Gasteiger partial charge in [-0.2, -0.15) is 0 Å². The van der Waals surface area contributed by atoms with Crippen molar-refractivity contribution in [3.8, 4) is 11.5 Å². The Bertz CT molecular complexity index is 456. The molecule has 1 aliphatic heterocycles. The van der Waals surface area contributed by atoms with E-state index in [1.54, 1.807) is 18.9 Å². The lowest BCUT2D eigenvalue weighted by Crippen LogP contribution is -2.44. The van der Waals surface area contributed by atoms with Crippen LogP contribution >= 0.6 is 24.2 Å². The Balaban J connectivity index is 0.00000220. The third kappa shape index (κ3) is 5.65. The molecule has 21 heavy (non-hydrogen) atoms. The number of amides is 1. The van der Waals surface area contributed by atoms with Crippen molar-refractivity contribution < 1.29 is 14.3 Å². The molecular formula is C14H21ClN2O3S.